The molecule has 5 fully saturated rings. The molecule has 2 amide bonds. The van der Waals surface area contributed by atoms with E-state index < -0.39 is 0 Å². The molecule has 0 atom stereocenters. The van der Waals surface area contributed by atoms with E-state index in [-0.39, 0.29) is 17.6 Å². The van der Waals surface area contributed by atoms with Crippen LogP contribution in [0.25, 0.3) is 0 Å². The van der Waals surface area contributed by atoms with Gasteiger partial charge in [-0.1, -0.05) is 24.0 Å². The van der Waals surface area contributed by atoms with Crippen LogP contribution in [0, 0.1) is 35.0 Å². The van der Waals surface area contributed by atoms with Crippen molar-refractivity contribution < 1.29 is 14.7 Å². The molecule has 4 aliphatic carbocycles. The van der Waals surface area contributed by atoms with Crippen molar-refractivity contribution in [3.63, 3.8) is 0 Å². The molecule has 3 heterocycles. The number of anilines is 1. The Balaban J connectivity index is 0.955. The summed E-state index contributed by atoms with van der Waals surface area (Å²) in [5.74, 6) is 9.25. The van der Waals surface area contributed by atoms with E-state index >= 15 is 0 Å². The number of nitrogens with zero attached hydrogens (tertiary/aromatic N) is 6. The van der Waals surface area contributed by atoms with E-state index in [1.165, 1.54) is 50.8 Å². The van der Waals surface area contributed by atoms with Crippen LogP contribution >= 0.6 is 0 Å². The summed E-state index contributed by atoms with van der Waals surface area (Å²) in [5, 5.41) is 18.4. The number of piperazine rings is 1. The molecule has 1 aromatic carbocycles. The molecule has 1 aliphatic heterocycles. The number of rotatable bonds is 5. The molecule has 5 aliphatic rings. The molecular formula is C35H38N6O3. The van der Waals surface area contributed by atoms with Crippen molar-refractivity contribution in [2.75, 3.05) is 44.7 Å². The lowest BCUT2D eigenvalue weighted by Crippen LogP contribution is -2.51. The SMILES string of the molecule is CN(CC12CC3CC(CC(C3)C1)C2)C(=O)c1ccc(N2CCN(C(=O)c3ccccc3C#Cc3cncc(O)c3)CC2)nn1. The van der Waals surface area contributed by atoms with Gasteiger partial charge < -0.3 is 19.8 Å². The first kappa shape index (κ1) is 28.3. The zero-order chi connectivity index (χ0) is 30.3. The average molecular weight is 591 g/mol. The Labute approximate surface area is 258 Å². The first-order valence-electron chi connectivity index (χ1n) is 15.7. The molecule has 4 bridgehead atoms. The van der Waals surface area contributed by atoms with E-state index in [1.54, 1.807) is 18.3 Å². The molecule has 0 radical (unpaired) electrons. The van der Waals surface area contributed by atoms with Gasteiger partial charge in [-0.05, 0) is 92.0 Å². The van der Waals surface area contributed by atoms with E-state index in [4.69, 9.17) is 0 Å². The number of aromatic nitrogens is 3. The van der Waals surface area contributed by atoms with Crippen LogP contribution in [0.2, 0.25) is 0 Å². The van der Waals surface area contributed by atoms with Gasteiger partial charge >= 0.3 is 0 Å². The summed E-state index contributed by atoms with van der Waals surface area (Å²) < 4.78 is 0. The number of carbonyl (C=O) groups excluding carboxylic acids is 2. The minimum absolute atomic E-state index is 0.0461. The number of amides is 2. The second kappa shape index (κ2) is 11.6. The third-order valence-corrected chi connectivity index (χ3v) is 10.1. The zero-order valence-corrected chi connectivity index (χ0v) is 25.2. The van der Waals surface area contributed by atoms with Crippen LogP contribution < -0.4 is 4.90 Å². The van der Waals surface area contributed by atoms with Crippen molar-refractivity contribution in [2.45, 2.75) is 38.5 Å². The Morgan fingerprint density at radius 2 is 1.64 bits per heavy atom. The third kappa shape index (κ3) is 5.73. The lowest BCUT2D eigenvalue weighted by atomic mass is 9.49. The Hall–Kier alpha value is -4.45. The first-order chi connectivity index (χ1) is 21.3. The van der Waals surface area contributed by atoms with Crippen LogP contribution in [0.5, 0.6) is 5.75 Å². The summed E-state index contributed by atoms with van der Waals surface area (Å²) in [5.41, 5.74) is 2.42. The van der Waals surface area contributed by atoms with Gasteiger partial charge in [-0.2, -0.15) is 0 Å². The molecule has 4 saturated carbocycles. The normalized spacial score (nSPS) is 25.3. The number of pyridine rings is 1. The molecule has 9 nitrogen and oxygen atoms in total. The molecular weight excluding hydrogens is 552 g/mol. The van der Waals surface area contributed by atoms with Gasteiger partial charge in [0.1, 0.15) is 5.75 Å². The summed E-state index contributed by atoms with van der Waals surface area (Å²) in [4.78, 5) is 36.5. The van der Waals surface area contributed by atoms with E-state index in [9.17, 15) is 14.7 Å². The highest BCUT2D eigenvalue weighted by atomic mass is 16.3. The Bertz CT molecular complexity index is 1580. The Kier molecular flexibility index (Phi) is 7.45. The van der Waals surface area contributed by atoms with Gasteiger partial charge in [0, 0.05) is 57.1 Å². The Morgan fingerprint density at radius 1 is 0.932 bits per heavy atom. The van der Waals surface area contributed by atoms with Crippen molar-refractivity contribution in [1.29, 1.82) is 0 Å². The third-order valence-electron chi connectivity index (χ3n) is 10.1. The minimum atomic E-state index is -0.0716. The molecule has 1 saturated heterocycles. The van der Waals surface area contributed by atoms with Crippen molar-refractivity contribution in [3.05, 3.63) is 77.2 Å². The van der Waals surface area contributed by atoms with Crippen molar-refractivity contribution in [3.8, 4) is 17.6 Å². The minimum Gasteiger partial charge on any atom is -0.506 e. The molecule has 226 valence electrons. The van der Waals surface area contributed by atoms with E-state index in [0.29, 0.717) is 59.8 Å². The predicted molar refractivity (Wildman–Crippen MR) is 166 cm³/mol. The molecule has 3 aromatic rings. The maximum absolute atomic E-state index is 13.5. The molecule has 9 heteroatoms. The predicted octanol–water partition coefficient (Wildman–Crippen LogP) is 4.23. The number of hydrogen-bond acceptors (Lipinski definition) is 7. The van der Waals surface area contributed by atoms with Gasteiger partial charge in [0.25, 0.3) is 11.8 Å². The second-order valence-corrected chi connectivity index (χ2v) is 13.4. The van der Waals surface area contributed by atoms with E-state index in [1.807, 2.05) is 41.1 Å². The quantitative estimate of drug-likeness (QED) is 0.444. The highest BCUT2D eigenvalue weighted by Gasteiger charge is 2.51. The van der Waals surface area contributed by atoms with Gasteiger partial charge in [0.2, 0.25) is 0 Å². The lowest BCUT2D eigenvalue weighted by molar-refractivity contribution is -0.0629. The monoisotopic (exact) mass is 590 g/mol. The number of benzene rings is 1. The van der Waals surface area contributed by atoms with Crippen LogP contribution in [0.15, 0.2) is 54.9 Å². The smallest absolute Gasteiger partial charge is 0.274 e. The maximum Gasteiger partial charge on any atom is 0.274 e. The van der Waals surface area contributed by atoms with E-state index in [0.717, 1.165) is 24.3 Å². The fourth-order valence-corrected chi connectivity index (χ4v) is 8.59. The van der Waals surface area contributed by atoms with Crippen LogP contribution in [-0.4, -0.2) is 81.7 Å². The summed E-state index contributed by atoms with van der Waals surface area (Å²) in [6.45, 7) is 3.11. The molecule has 8 rings (SSSR count). The summed E-state index contributed by atoms with van der Waals surface area (Å²) in [6, 6.07) is 12.5. The zero-order valence-electron chi connectivity index (χ0n) is 25.2. The highest BCUT2D eigenvalue weighted by molar-refractivity contribution is 5.97. The summed E-state index contributed by atoms with van der Waals surface area (Å²) in [7, 11) is 1.92. The van der Waals surface area contributed by atoms with Crippen LogP contribution in [-0.2, 0) is 0 Å². The van der Waals surface area contributed by atoms with Crippen LogP contribution in [0.3, 0.4) is 0 Å². The lowest BCUT2D eigenvalue weighted by Gasteiger charge is -2.57. The fourth-order valence-electron chi connectivity index (χ4n) is 8.59. The molecule has 0 unspecified atom stereocenters. The molecule has 0 spiro atoms. The van der Waals surface area contributed by atoms with Crippen molar-refractivity contribution >= 4 is 17.6 Å². The van der Waals surface area contributed by atoms with Gasteiger partial charge in [0.15, 0.2) is 11.5 Å². The van der Waals surface area contributed by atoms with E-state index in [2.05, 4.69) is 31.9 Å². The van der Waals surface area contributed by atoms with Crippen LogP contribution in [0.4, 0.5) is 5.82 Å². The molecule has 44 heavy (non-hydrogen) atoms. The maximum atomic E-state index is 13.5. The average Bonchev–Trinajstić information content (AvgIpc) is 3.02. The second-order valence-electron chi connectivity index (χ2n) is 13.4. The van der Waals surface area contributed by atoms with Gasteiger partial charge in [-0.3, -0.25) is 14.6 Å². The highest BCUT2D eigenvalue weighted by Crippen LogP contribution is 2.60. The van der Waals surface area contributed by atoms with Crippen molar-refractivity contribution in [1.82, 2.24) is 25.0 Å². The van der Waals surface area contributed by atoms with Gasteiger partial charge in [-0.25, -0.2) is 0 Å². The largest absolute Gasteiger partial charge is 0.506 e. The molecule has 2 aromatic heterocycles. The van der Waals surface area contributed by atoms with Crippen LogP contribution in [0.1, 0.15) is 70.5 Å². The summed E-state index contributed by atoms with van der Waals surface area (Å²) in [6.07, 6.45) is 10.9. The number of carbonyl (C=O) groups is 2. The standard InChI is InChI=1S/C35H38N6O3/c1-39(23-35-18-25-14-26(19-35)16-27(15-25)20-35)34(44)31-8-9-32(38-37-31)40-10-12-41(13-11-40)33(43)30-5-3-2-4-28(30)7-6-24-17-29(42)22-36-21-24/h2-5,8-9,17,21-22,25-27,42H,10-16,18-20,23H2,1H3. The number of hydrogen-bond donors (Lipinski definition) is 1. The fraction of sp³-hybridized carbons (Fsp3) is 0.457. The molecule has 1 N–H and O–H groups in total. The van der Waals surface area contributed by atoms with Gasteiger partial charge in [0.05, 0.1) is 11.8 Å². The summed E-state index contributed by atoms with van der Waals surface area (Å²) >= 11 is 0. The van der Waals surface area contributed by atoms with Gasteiger partial charge in [-0.15, -0.1) is 10.2 Å². The Morgan fingerprint density at radius 3 is 2.30 bits per heavy atom. The number of aromatic hydroxyl groups is 1. The van der Waals surface area contributed by atoms with Crippen molar-refractivity contribution in [2.24, 2.45) is 23.2 Å². The topological polar surface area (TPSA) is 103 Å². The first-order valence-corrected chi connectivity index (χ1v) is 15.7.